The van der Waals surface area contributed by atoms with Gasteiger partial charge in [-0.3, -0.25) is 0 Å². The van der Waals surface area contributed by atoms with Crippen LogP contribution in [0.3, 0.4) is 0 Å². The molecule has 1 aliphatic heterocycles. The van der Waals surface area contributed by atoms with E-state index < -0.39 is 0 Å². The molecule has 1 aliphatic rings. The number of hydrogen-bond donors (Lipinski definition) is 2. The Morgan fingerprint density at radius 1 is 1.29 bits per heavy atom. The molecular weight excluding hydrogens is 192 g/mol. The molecule has 0 aliphatic carbocycles. The van der Waals surface area contributed by atoms with E-state index in [0.29, 0.717) is 6.17 Å². The summed E-state index contributed by atoms with van der Waals surface area (Å²) in [5, 5.41) is 6.75. The summed E-state index contributed by atoms with van der Waals surface area (Å²) in [6, 6.07) is 6.57. The molecule has 1 atom stereocenters. The third kappa shape index (κ3) is 1.98. The summed E-state index contributed by atoms with van der Waals surface area (Å²) in [5.74, 6) is 1.20. The van der Waals surface area contributed by atoms with Crippen molar-refractivity contribution in [3.8, 4) is 0 Å². The largest absolute Gasteiger partial charge is 0.364 e. The predicted octanol–water partition coefficient (Wildman–Crippen LogP) is 3.37. The Morgan fingerprint density at radius 2 is 2.07 bits per heavy atom. The summed E-state index contributed by atoms with van der Waals surface area (Å²) in [6.45, 7) is 4.33. The number of fused-ring (bicyclic) bond motifs is 1. The van der Waals surface area contributed by atoms with Crippen molar-refractivity contribution in [2.45, 2.75) is 31.3 Å². The number of thioether (sulfide) groups is 1. The maximum atomic E-state index is 3.39. The highest BCUT2D eigenvalue weighted by Gasteiger charge is 2.14. The smallest absolute Gasteiger partial charge is 0.0935 e. The lowest BCUT2D eigenvalue weighted by Crippen LogP contribution is -2.16. The molecule has 14 heavy (non-hydrogen) atoms. The molecule has 76 valence electrons. The normalized spacial score (nSPS) is 18.6. The third-order valence-corrected chi connectivity index (χ3v) is 3.41. The third-order valence-electron chi connectivity index (χ3n) is 2.21. The van der Waals surface area contributed by atoms with Crippen LogP contribution in [-0.4, -0.2) is 11.9 Å². The first-order valence-corrected chi connectivity index (χ1v) is 6.08. The zero-order valence-corrected chi connectivity index (χ0v) is 9.45. The average molecular weight is 208 g/mol. The van der Waals surface area contributed by atoms with Gasteiger partial charge in [0, 0.05) is 4.90 Å². The van der Waals surface area contributed by atoms with E-state index in [1.165, 1.54) is 28.4 Å². The standard InChI is InChI=1S/C11H16N2S/c1-3-6-14-9-4-5-10-11(7-9)13-8(2)12-10/h4-5,7-8,12-13H,3,6H2,1-2H3. The highest BCUT2D eigenvalue weighted by Crippen LogP contribution is 2.33. The molecule has 0 saturated heterocycles. The van der Waals surface area contributed by atoms with Gasteiger partial charge in [-0.05, 0) is 37.3 Å². The molecule has 0 bridgehead atoms. The van der Waals surface area contributed by atoms with Gasteiger partial charge in [0.05, 0.1) is 17.5 Å². The van der Waals surface area contributed by atoms with Crippen molar-refractivity contribution in [3.63, 3.8) is 0 Å². The van der Waals surface area contributed by atoms with E-state index in [1.54, 1.807) is 0 Å². The highest BCUT2D eigenvalue weighted by atomic mass is 32.2. The first kappa shape index (κ1) is 9.71. The second-order valence-electron chi connectivity index (χ2n) is 3.57. The minimum atomic E-state index is 0.358. The van der Waals surface area contributed by atoms with Crippen LogP contribution in [0.25, 0.3) is 0 Å². The molecule has 3 heteroatoms. The van der Waals surface area contributed by atoms with Gasteiger partial charge in [-0.2, -0.15) is 0 Å². The molecule has 0 spiro atoms. The van der Waals surface area contributed by atoms with Crippen LogP contribution in [-0.2, 0) is 0 Å². The van der Waals surface area contributed by atoms with E-state index >= 15 is 0 Å². The summed E-state index contributed by atoms with van der Waals surface area (Å²) >= 11 is 1.92. The zero-order valence-electron chi connectivity index (χ0n) is 8.63. The van der Waals surface area contributed by atoms with Crippen LogP contribution >= 0.6 is 11.8 Å². The summed E-state index contributed by atoms with van der Waals surface area (Å²) in [5.41, 5.74) is 2.46. The monoisotopic (exact) mass is 208 g/mol. The molecule has 2 nitrogen and oxygen atoms in total. The Balaban J connectivity index is 2.12. The van der Waals surface area contributed by atoms with E-state index in [9.17, 15) is 0 Å². The van der Waals surface area contributed by atoms with E-state index in [0.717, 1.165) is 0 Å². The van der Waals surface area contributed by atoms with E-state index in [-0.39, 0.29) is 0 Å². The van der Waals surface area contributed by atoms with Crippen molar-refractivity contribution in [3.05, 3.63) is 18.2 Å². The van der Waals surface area contributed by atoms with E-state index in [1.807, 2.05) is 11.8 Å². The first-order chi connectivity index (χ1) is 6.79. The summed E-state index contributed by atoms with van der Waals surface area (Å²) in [6.07, 6.45) is 1.58. The van der Waals surface area contributed by atoms with Crippen molar-refractivity contribution in [2.75, 3.05) is 16.4 Å². The Morgan fingerprint density at radius 3 is 2.86 bits per heavy atom. The van der Waals surface area contributed by atoms with Gasteiger partial charge >= 0.3 is 0 Å². The molecule has 1 aromatic rings. The summed E-state index contributed by atoms with van der Waals surface area (Å²) < 4.78 is 0. The number of hydrogen-bond acceptors (Lipinski definition) is 3. The SMILES string of the molecule is CCCSc1ccc2c(c1)NC(C)N2. The molecule has 1 aromatic carbocycles. The maximum absolute atomic E-state index is 3.39. The van der Waals surface area contributed by atoms with Crippen LogP contribution in [0.4, 0.5) is 11.4 Å². The molecule has 2 rings (SSSR count). The summed E-state index contributed by atoms with van der Waals surface area (Å²) in [7, 11) is 0. The van der Waals surface area contributed by atoms with E-state index in [4.69, 9.17) is 0 Å². The number of anilines is 2. The number of nitrogens with one attached hydrogen (secondary N) is 2. The Kier molecular flexibility index (Phi) is 2.87. The van der Waals surface area contributed by atoms with Crippen molar-refractivity contribution < 1.29 is 0 Å². The minimum Gasteiger partial charge on any atom is -0.364 e. The van der Waals surface area contributed by atoms with Crippen LogP contribution in [0, 0.1) is 0 Å². The van der Waals surface area contributed by atoms with Gasteiger partial charge in [0.1, 0.15) is 0 Å². The Hall–Kier alpha value is -0.830. The number of benzene rings is 1. The molecule has 1 unspecified atom stereocenters. The molecule has 0 saturated carbocycles. The van der Waals surface area contributed by atoms with Crippen molar-refractivity contribution in [1.29, 1.82) is 0 Å². The molecule has 0 radical (unpaired) electrons. The quantitative estimate of drug-likeness (QED) is 0.745. The fourth-order valence-corrected chi connectivity index (χ4v) is 2.39. The lowest BCUT2D eigenvalue weighted by molar-refractivity contribution is 0.956. The van der Waals surface area contributed by atoms with Gasteiger partial charge in [0.15, 0.2) is 0 Å². The van der Waals surface area contributed by atoms with Crippen LogP contribution in [0.2, 0.25) is 0 Å². The minimum absolute atomic E-state index is 0.358. The Bertz CT molecular complexity index is 325. The van der Waals surface area contributed by atoms with Gasteiger partial charge in [-0.1, -0.05) is 6.92 Å². The lowest BCUT2D eigenvalue weighted by Gasteiger charge is -2.03. The molecule has 1 heterocycles. The van der Waals surface area contributed by atoms with Crippen LogP contribution in [0.15, 0.2) is 23.1 Å². The molecule has 0 fully saturated rings. The van der Waals surface area contributed by atoms with Crippen LogP contribution in [0.1, 0.15) is 20.3 Å². The van der Waals surface area contributed by atoms with Crippen molar-refractivity contribution >= 4 is 23.1 Å². The fraction of sp³-hybridized carbons (Fsp3) is 0.455. The predicted molar refractivity (Wildman–Crippen MR) is 64.2 cm³/mol. The van der Waals surface area contributed by atoms with Crippen molar-refractivity contribution in [2.24, 2.45) is 0 Å². The van der Waals surface area contributed by atoms with Crippen molar-refractivity contribution in [1.82, 2.24) is 0 Å². The topological polar surface area (TPSA) is 24.1 Å². The Labute approximate surface area is 89.5 Å². The summed E-state index contributed by atoms with van der Waals surface area (Å²) in [4.78, 5) is 1.36. The average Bonchev–Trinajstić information content (AvgIpc) is 2.54. The van der Waals surface area contributed by atoms with E-state index in [2.05, 4.69) is 42.7 Å². The van der Waals surface area contributed by atoms with Crippen LogP contribution in [0.5, 0.6) is 0 Å². The first-order valence-electron chi connectivity index (χ1n) is 5.09. The molecule has 2 N–H and O–H groups in total. The highest BCUT2D eigenvalue weighted by molar-refractivity contribution is 7.99. The molecule has 0 aromatic heterocycles. The second-order valence-corrected chi connectivity index (χ2v) is 4.73. The van der Waals surface area contributed by atoms with Gasteiger partial charge in [0.25, 0.3) is 0 Å². The van der Waals surface area contributed by atoms with Gasteiger partial charge in [-0.25, -0.2) is 0 Å². The zero-order chi connectivity index (χ0) is 9.97. The second kappa shape index (κ2) is 4.13. The fourth-order valence-electron chi connectivity index (χ4n) is 1.58. The van der Waals surface area contributed by atoms with Gasteiger partial charge in [0.2, 0.25) is 0 Å². The molecular formula is C11H16N2S. The van der Waals surface area contributed by atoms with Gasteiger partial charge < -0.3 is 10.6 Å². The van der Waals surface area contributed by atoms with Gasteiger partial charge in [-0.15, -0.1) is 11.8 Å². The van der Waals surface area contributed by atoms with Crippen LogP contribution < -0.4 is 10.6 Å². The molecule has 0 amide bonds. The number of rotatable bonds is 3. The maximum Gasteiger partial charge on any atom is 0.0935 e. The lowest BCUT2D eigenvalue weighted by atomic mass is 10.3.